The molecule has 5 aromatic carbocycles. The Balaban J connectivity index is 1.55. The summed E-state index contributed by atoms with van der Waals surface area (Å²) >= 11 is 0. The Labute approximate surface area is 330 Å². The lowest BCUT2D eigenvalue weighted by molar-refractivity contribution is 0.589. The Morgan fingerprint density at radius 1 is 0.473 bits per heavy atom. The topological polar surface area (TPSA) is 9.86 Å². The van der Waals surface area contributed by atoms with E-state index >= 15 is 0 Å². The molecule has 0 aliphatic carbocycles. The highest BCUT2D eigenvalue weighted by atomic mass is 15.0. The Hall–Kier alpha value is -4.50. The SMILES string of the molecule is Cc1cc(C)c(-c2c(C)n3c4c(cc(C(C)(C)C)cc24)-c2cc(C(C)(C)C)cc4c2B3c2cc(C(C)(C)C)cc3c5cc(C(C)(C)C)ccc5n-4c23)c(C)c1. The van der Waals surface area contributed by atoms with Gasteiger partial charge >= 0.3 is 6.85 Å². The van der Waals surface area contributed by atoms with Gasteiger partial charge in [0.1, 0.15) is 0 Å². The predicted molar refractivity (Wildman–Crippen MR) is 241 cm³/mol. The van der Waals surface area contributed by atoms with E-state index in [1.165, 1.54) is 116 Å². The van der Waals surface area contributed by atoms with Gasteiger partial charge < -0.3 is 9.05 Å². The first-order chi connectivity index (χ1) is 25.5. The zero-order valence-corrected chi connectivity index (χ0v) is 36.3. The van der Waals surface area contributed by atoms with Gasteiger partial charge in [0, 0.05) is 44.2 Å². The number of benzene rings is 5. The standard InChI is InChI=1S/C52H59BN2/c1-28-19-29(2)44(30(3)20-28)45-31(4)55-47-39(23-33(25-40(45)47)50(8,9)10)37-22-35(52(14,15)16)27-43-46(37)53(55)41-26-34(51(11,12)13)24-38-36-21-32(49(5,6)7)17-18-42(36)54(43)48(38)41/h17-27H,1-16H3. The second-order valence-electron chi connectivity index (χ2n) is 21.4. The van der Waals surface area contributed by atoms with Crippen molar-refractivity contribution in [3.8, 4) is 27.9 Å². The van der Waals surface area contributed by atoms with E-state index in [9.17, 15) is 0 Å². The van der Waals surface area contributed by atoms with Gasteiger partial charge in [-0.3, -0.25) is 0 Å². The minimum absolute atomic E-state index is 0.0174. The predicted octanol–water partition coefficient (Wildman–Crippen LogP) is 12.8. The average molecular weight is 723 g/mol. The molecule has 0 saturated carbocycles. The normalized spacial score (nSPS) is 14.1. The van der Waals surface area contributed by atoms with Crippen molar-refractivity contribution in [2.24, 2.45) is 0 Å². The second-order valence-corrected chi connectivity index (χ2v) is 21.4. The maximum atomic E-state index is 2.77. The maximum absolute atomic E-state index is 2.77. The zero-order valence-electron chi connectivity index (χ0n) is 36.3. The fourth-order valence-electron chi connectivity index (χ4n) is 10.1. The fraction of sp³-hybridized carbons (Fsp3) is 0.385. The van der Waals surface area contributed by atoms with Gasteiger partial charge in [-0.2, -0.15) is 0 Å². The molecule has 2 aromatic heterocycles. The van der Waals surface area contributed by atoms with Crippen molar-refractivity contribution in [1.29, 1.82) is 0 Å². The van der Waals surface area contributed by atoms with Crippen LogP contribution in [0.4, 0.5) is 0 Å². The molecular weight excluding hydrogens is 663 g/mol. The molecule has 0 atom stereocenters. The van der Waals surface area contributed by atoms with Gasteiger partial charge in [-0.25, -0.2) is 0 Å². The zero-order chi connectivity index (χ0) is 39.6. The molecule has 0 saturated heterocycles. The van der Waals surface area contributed by atoms with E-state index in [4.69, 9.17) is 0 Å². The summed E-state index contributed by atoms with van der Waals surface area (Å²) in [5.41, 5.74) is 24.7. The number of aryl methyl sites for hydroxylation is 3. The molecule has 0 amide bonds. The molecule has 0 radical (unpaired) electrons. The number of hydrogen-bond donors (Lipinski definition) is 0. The molecule has 2 nitrogen and oxygen atoms in total. The van der Waals surface area contributed by atoms with Crippen molar-refractivity contribution in [2.45, 2.75) is 132 Å². The van der Waals surface area contributed by atoms with Crippen molar-refractivity contribution in [3.63, 3.8) is 0 Å². The van der Waals surface area contributed by atoms with E-state index in [1.807, 2.05) is 0 Å². The van der Waals surface area contributed by atoms with Crippen LogP contribution in [0, 0.1) is 27.7 Å². The van der Waals surface area contributed by atoms with E-state index in [0.717, 1.165) is 0 Å². The van der Waals surface area contributed by atoms with Crippen LogP contribution in [0.2, 0.25) is 0 Å². The van der Waals surface area contributed by atoms with Gasteiger partial charge in [-0.1, -0.05) is 119 Å². The van der Waals surface area contributed by atoms with Gasteiger partial charge in [0.2, 0.25) is 0 Å². The molecular formula is C52H59BN2. The molecule has 280 valence electrons. The molecule has 2 aliphatic heterocycles. The summed E-state index contributed by atoms with van der Waals surface area (Å²) in [5.74, 6) is 0. The van der Waals surface area contributed by atoms with Crippen molar-refractivity contribution in [3.05, 3.63) is 111 Å². The lowest BCUT2D eigenvalue weighted by Crippen LogP contribution is -2.56. The van der Waals surface area contributed by atoms with Gasteiger partial charge in [0.05, 0.1) is 11.0 Å². The molecule has 9 rings (SSSR count). The van der Waals surface area contributed by atoms with Crippen LogP contribution < -0.4 is 10.9 Å². The van der Waals surface area contributed by atoms with Crippen LogP contribution in [0.15, 0.2) is 66.7 Å². The summed E-state index contributed by atoms with van der Waals surface area (Å²) in [4.78, 5) is 0. The van der Waals surface area contributed by atoms with Crippen LogP contribution in [0.1, 0.15) is 128 Å². The second kappa shape index (κ2) is 11.1. The van der Waals surface area contributed by atoms with E-state index in [0.29, 0.717) is 0 Å². The van der Waals surface area contributed by atoms with E-state index in [-0.39, 0.29) is 28.5 Å². The maximum Gasteiger partial charge on any atom is 0.332 e. The van der Waals surface area contributed by atoms with E-state index < -0.39 is 0 Å². The largest absolute Gasteiger partial charge is 0.379 e. The van der Waals surface area contributed by atoms with Crippen molar-refractivity contribution >= 4 is 50.5 Å². The van der Waals surface area contributed by atoms with Gasteiger partial charge in [-0.15, -0.1) is 0 Å². The van der Waals surface area contributed by atoms with Crippen molar-refractivity contribution < 1.29 is 0 Å². The summed E-state index contributed by atoms with van der Waals surface area (Å²) in [6.45, 7) is 37.7. The summed E-state index contributed by atoms with van der Waals surface area (Å²) in [5, 5.41) is 4.11. The number of hydrogen-bond acceptors (Lipinski definition) is 0. The van der Waals surface area contributed by atoms with Crippen LogP contribution in [0.5, 0.6) is 0 Å². The number of nitrogens with zero attached hydrogens (tertiary/aromatic N) is 2. The fourth-order valence-corrected chi connectivity index (χ4v) is 10.1. The summed E-state index contributed by atoms with van der Waals surface area (Å²) in [6.07, 6.45) is 0. The third-order valence-corrected chi connectivity index (χ3v) is 13.1. The minimum Gasteiger partial charge on any atom is -0.379 e. The van der Waals surface area contributed by atoms with Crippen molar-refractivity contribution in [2.75, 3.05) is 0 Å². The van der Waals surface area contributed by atoms with Crippen LogP contribution in [-0.4, -0.2) is 15.9 Å². The average Bonchev–Trinajstić information content (AvgIpc) is 3.54. The lowest BCUT2D eigenvalue weighted by Gasteiger charge is -2.37. The number of fused-ring (bicyclic) bond motifs is 7. The smallest absolute Gasteiger partial charge is 0.332 e. The molecule has 0 bridgehead atoms. The molecule has 55 heavy (non-hydrogen) atoms. The van der Waals surface area contributed by atoms with Gasteiger partial charge in [0.25, 0.3) is 0 Å². The van der Waals surface area contributed by atoms with Gasteiger partial charge in [-0.05, 0) is 141 Å². The Kier molecular flexibility index (Phi) is 7.29. The molecule has 0 N–H and O–H groups in total. The van der Waals surface area contributed by atoms with E-state index in [1.54, 1.807) is 0 Å². The molecule has 0 unspecified atom stereocenters. The highest BCUT2D eigenvalue weighted by Crippen LogP contribution is 2.49. The lowest BCUT2D eigenvalue weighted by atomic mass is 9.45. The first-order valence-electron chi connectivity index (χ1n) is 20.6. The minimum atomic E-state index is -0.0315. The Bertz CT molecular complexity index is 2800. The van der Waals surface area contributed by atoms with E-state index in [2.05, 4.69) is 187 Å². The van der Waals surface area contributed by atoms with Crippen LogP contribution in [0.25, 0.3) is 60.6 Å². The first kappa shape index (κ1) is 36.2. The third kappa shape index (κ3) is 5.07. The molecule has 3 heteroatoms. The molecule has 0 spiro atoms. The molecule has 2 aliphatic rings. The number of rotatable bonds is 1. The molecule has 0 fully saturated rings. The summed E-state index contributed by atoms with van der Waals surface area (Å²) < 4.78 is 5.43. The van der Waals surface area contributed by atoms with Crippen LogP contribution in [0.3, 0.4) is 0 Å². The van der Waals surface area contributed by atoms with Gasteiger partial charge in [0.15, 0.2) is 0 Å². The monoisotopic (exact) mass is 722 g/mol. The van der Waals surface area contributed by atoms with Crippen LogP contribution in [-0.2, 0) is 21.7 Å². The number of aromatic nitrogens is 2. The summed E-state index contributed by atoms with van der Waals surface area (Å²) in [6, 6.07) is 27.4. The molecule has 4 heterocycles. The Morgan fingerprint density at radius 3 is 1.60 bits per heavy atom. The highest BCUT2D eigenvalue weighted by Gasteiger charge is 2.44. The first-order valence-corrected chi connectivity index (χ1v) is 20.6. The molecule has 7 aromatic rings. The van der Waals surface area contributed by atoms with Crippen molar-refractivity contribution in [1.82, 2.24) is 9.05 Å². The third-order valence-electron chi connectivity index (χ3n) is 13.1. The Morgan fingerprint density at radius 2 is 1.00 bits per heavy atom. The highest BCUT2D eigenvalue weighted by molar-refractivity contribution is 6.89. The van der Waals surface area contributed by atoms with Crippen LogP contribution >= 0.6 is 0 Å². The summed E-state index contributed by atoms with van der Waals surface area (Å²) in [7, 11) is 0. The quantitative estimate of drug-likeness (QED) is 0.149.